The van der Waals surface area contributed by atoms with Gasteiger partial charge in [-0.25, -0.2) is 9.59 Å². The van der Waals surface area contributed by atoms with Crippen molar-refractivity contribution in [3.05, 3.63) is 93.5 Å². The van der Waals surface area contributed by atoms with Crippen LogP contribution in [-0.2, 0) is 28.6 Å². The molecule has 2 saturated heterocycles. The van der Waals surface area contributed by atoms with Crippen molar-refractivity contribution < 1.29 is 28.6 Å². The van der Waals surface area contributed by atoms with Gasteiger partial charge in [0.2, 0.25) is 0 Å². The number of esters is 1. The predicted octanol–water partition coefficient (Wildman–Crippen LogP) is 6.83. The standard InChI is InChI=1S/C33H31Cl2NO6/c1-20-16-26-31(2,18-25(20)36-42-30(38)15-13-22-9-5-7-11-24(22)35)32(3)27(17-28(40-26)33(32)19-39-33)41-29(37)14-12-21-8-4-6-10-23(21)34/h4-16,26-28H,17-19H2,1-3H3/b14-12+,15-13+,36-25+/t26-,27-,28-,31+,32-,33+/m1/s1. The van der Waals surface area contributed by atoms with Gasteiger partial charge in [0.15, 0.2) is 0 Å². The third-order valence-electron chi connectivity index (χ3n) is 9.56. The van der Waals surface area contributed by atoms with Gasteiger partial charge < -0.3 is 19.0 Å². The first-order valence-electron chi connectivity index (χ1n) is 13.9. The van der Waals surface area contributed by atoms with Crippen LogP contribution in [0.15, 0.2) is 77.5 Å². The maximum Gasteiger partial charge on any atom is 0.358 e. The van der Waals surface area contributed by atoms with Gasteiger partial charge in [-0.15, -0.1) is 0 Å². The third-order valence-corrected chi connectivity index (χ3v) is 10.2. The largest absolute Gasteiger partial charge is 0.458 e. The van der Waals surface area contributed by atoms with E-state index in [1.54, 1.807) is 30.4 Å². The number of epoxide rings is 1. The molecule has 0 N–H and O–H groups in total. The Labute approximate surface area is 254 Å². The second-order valence-corrected chi connectivity index (χ2v) is 12.5. The number of hydrogen-bond acceptors (Lipinski definition) is 7. The van der Waals surface area contributed by atoms with Gasteiger partial charge in [-0.1, -0.05) is 84.7 Å². The summed E-state index contributed by atoms with van der Waals surface area (Å²) in [5.41, 5.74) is 1.21. The number of rotatable bonds is 6. The topological polar surface area (TPSA) is 86.7 Å². The highest BCUT2D eigenvalue weighted by molar-refractivity contribution is 6.32. The van der Waals surface area contributed by atoms with E-state index in [4.69, 9.17) is 42.3 Å². The summed E-state index contributed by atoms with van der Waals surface area (Å²) in [5, 5.41) is 5.34. The zero-order chi connectivity index (χ0) is 29.7. The Hall–Kier alpha value is -3.23. The van der Waals surface area contributed by atoms with E-state index in [1.807, 2.05) is 43.3 Å². The molecule has 4 aliphatic rings. The van der Waals surface area contributed by atoms with Crippen molar-refractivity contribution >= 4 is 53.0 Å². The van der Waals surface area contributed by atoms with Gasteiger partial charge in [0.05, 0.1) is 24.5 Å². The molecule has 1 spiro atoms. The molecule has 0 amide bonds. The first kappa shape index (κ1) is 28.9. The summed E-state index contributed by atoms with van der Waals surface area (Å²) in [4.78, 5) is 30.8. The van der Waals surface area contributed by atoms with Crippen LogP contribution in [0.4, 0.5) is 0 Å². The van der Waals surface area contributed by atoms with Gasteiger partial charge in [0.1, 0.15) is 11.7 Å². The number of benzene rings is 2. The summed E-state index contributed by atoms with van der Waals surface area (Å²) in [5.74, 6) is -1.08. The number of nitrogens with zero attached hydrogens (tertiary/aromatic N) is 1. The van der Waals surface area contributed by atoms with Crippen LogP contribution in [0.5, 0.6) is 0 Å². The van der Waals surface area contributed by atoms with E-state index in [9.17, 15) is 9.59 Å². The van der Waals surface area contributed by atoms with Crippen LogP contribution >= 0.6 is 23.2 Å². The highest BCUT2D eigenvalue weighted by Crippen LogP contribution is 2.71. The van der Waals surface area contributed by atoms with Crippen molar-refractivity contribution in [1.82, 2.24) is 0 Å². The van der Waals surface area contributed by atoms with E-state index in [1.165, 1.54) is 12.2 Å². The summed E-state index contributed by atoms with van der Waals surface area (Å²) >= 11 is 12.4. The summed E-state index contributed by atoms with van der Waals surface area (Å²) in [6, 6.07) is 14.5. The molecule has 7 nitrogen and oxygen atoms in total. The van der Waals surface area contributed by atoms with Gasteiger partial charge >= 0.3 is 11.9 Å². The first-order valence-corrected chi connectivity index (χ1v) is 14.6. The zero-order valence-corrected chi connectivity index (χ0v) is 25.0. The van der Waals surface area contributed by atoms with Crippen molar-refractivity contribution in [3.8, 4) is 0 Å². The molecule has 218 valence electrons. The maximum absolute atomic E-state index is 13.0. The van der Waals surface area contributed by atoms with E-state index in [2.05, 4.69) is 19.0 Å². The molecule has 42 heavy (non-hydrogen) atoms. The molecule has 0 unspecified atom stereocenters. The van der Waals surface area contributed by atoms with Crippen LogP contribution in [0.2, 0.25) is 10.0 Å². The Bertz CT molecular complexity index is 1560. The number of halogens is 2. The molecule has 2 heterocycles. The maximum atomic E-state index is 13.0. The Morgan fingerprint density at radius 3 is 2.17 bits per heavy atom. The van der Waals surface area contributed by atoms with Crippen LogP contribution in [0, 0.1) is 10.8 Å². The zero-order valence-electron chi connectivity index (χ0n) is 23.5. The van der Waals surface area contributed by atoms with Gasteiger partial charge in [-0.2, -0.15) is 0 Å². The minimum Gasteiger partial charge on any atom is -0.458 e. The number of oxime groups is 1. The second kappa shape index (κ2) is 10.8. The molecule has 3 fully saturated rings. The first-order chi connectivity index (χ1) is 20.1. The summed E-state index contributed by atoms with van der Waals surface area (Å²) in [6.45, 7) is 6.68. The van der Waals surface area contributed by atoms with Crippen molar-refractivity contribution in [3.63, 3.8) is 0 Å². The van der Waals surface area contributed by atoms with Gasteiger partial charge in [-0.05, 0) is 47.9 Å². The fourth-order valence-electron chi connectivity index (χ4n) is 6.86. The molecule has 2 aliphatic carbocycles. The molecule has 2 aromatic carbocycles. The molecule has 0 radical (unpaired) electrons. The second-order valence-electron chi connectivity index (χ2n) is 11.7. The van der Waals surface area contributed by atoms with Gasteiger partial charge in [0, 0.05) is 45.9 Å². The number of fused-ring (bicyclic) bond motifs is 2. The number of ether oxygens (including phenoxy) is 3. The van der Waals surface area contributed by atoms with Gasteiger partial charge in [-0.3, -0.25) is 0 Å². The van der Waals surface area contributed by atoms with Crippen molar-refractivity contribution in [2.75, 3.05) is 6.61 Å². The van der Waals surface area contributed by atoms with Crippen molar-refractivity contribution in [2.24, 2.45) is 16.0 Å². The van der Waals surface area contributed by atoms with E-state index in [0.29, 0.717) is 40.8 Å². The fourth-order valence-corrected chi connectivity index (χ4v) is 7.26. The Morgan fingerprint density at radius 1 is 0.976 bits per heavy atom. The molecular weight excluding hydrogens is 577 g/mol. The lowest BCUT2D eigenvalue weighted by molar-refractivity contribution is -0.203. The lowest BCUT2D eigenvalue weighted by Gasteiger charge is -2.57. The molecule has 6 atom stereocenters. The van der Waals surface area contributed by atoms with Crippen molar-refractivity contribution in [2.45, 2.75) is 57.5 Å². The molecule has 2 bridgehead atoms. The molecule has 0 aromatic heterocycles. The summed E-state index contributed by atoms with van der Waals surface area (Å²) < 4.78 is 18.9. The van der Waals surface area contributed by atoms with E-state index < -0.39 is 34.5 Å². The number of carbonyl (C=O) groups is 2. The average Bonchev–Trinajstić information content (AvgIpc) is 3.74. The number of allylic oxidation sites excluding steroid dienone is 1. The molecular formula is C33H31Cl2NO6. The highest BCUT2D eigenvalue weighted by Gasteiger charge is 2.82. The Kier molecular flexibility index (Phi) is 7.42. The monoisotopic (exact) mass is 607 g/mol. The summed E-state index contributed by atoms with van der Waals surface area (Å²) in [7, 11) is 0. The molecule has 9 heteroatoms. The number of hydrogen-bond donors (Lipinski definition) is 0. The molecule has 2 aliphatic heterocycles. The van der Waals surface area contributed by atoms with Crippen LogP contribution in [-0.4, -0.2) is 48.2 Å². The molecule has 6 rings (SSSR count). The van der Waals surface area contributed by atoms with Crippen LogP contribution in [0.1, 0.15) is 44.7 Å². The fraction of sp³-hybridized carbons (Fsp3) is 0.364. The van der Waals surface area contributed by atoms with Crippen LogP contribution in [0.25, 0.3) is 12.2 Å². The molecule has 1 saturated carbocycles. The lowest BCUT2D eigenvalue weighted by Crippen LogP contribution is -2.64. The Morgan fingerprint density at radius 2 is 1.57 bits per heavy atom. The van der Waals surface area contributed by atoms with E-state index >= 15 is 0 Å². The lowest BCUT2D eigenvalue weighted by atomic mass is 9.51. The third kappa shape index (κ3) is 4.73. The Balaban J connectivity index is 1.22. The van der Waals surface area contributed by atoms with Crippen LogP contribution < -0.4 is 0 Å². The smallest absolute Gasteiger partial charge is 0.358 e. The minimum absolute atomic E-state index is 0.207. The highest BCUT2D eigenvalue weighted by atomic mass is 35.5. The molecule has 2 aromatic rings. The van der Waals surface area contributed by atoms with E-state index in [-0.39, 0.29) is 12.2 Å². The SMILES string of the molecule is CC1=C[C@H]2O[C@@H]3C[C@@H](OC(=O)/C=C/c4ccccc4Cl)[C@](C)([C@@]2(C)C/C1=N\OC(=O)/C=C/c1ccccc1Cl)[C@]31CO1. The quantitative estimate of drug-likeness (QED) is 0.117. The minimum atomic E-state index is -0.617. The normalized spacial score (nSPS) is 34.1. The number of carbonyl (C=O) groups excluding carboxylic acids is 2. The van der Waals surface area contributed by atoms with E-state index in [0.717, 1.165) is 11.1 Å². The predicted molar refractivity (Wildman–Crippen MR) is 161 cm³/mol. The van der Waals surface area contributed by atoms with Crippen molar-refractivity contribution in [1.29, 1.82) is 0 Å². The van der Waals surface area contributed by atoms with Gasteiger partial charge in [0.25, 0.3) is 0 Å². The average molecular weight is 609 g/mol. The summed E-state index contributed by atoms with van der Waals surface area (Å²) in [6.07, 6.45) is 8.02. The van der Waals surface area contributed by atoms with Crippen LogP contribution in [0.3, 0.4) is 0 Å².